The quantitative estimate of drug-likeness (QED) is 0.837. The molecular weight excluding hydrogens is 238 g/mol. The van der Waals surface area contributed by atoms with Gasteiger partial charge in [-0.15, -0.1) is 0 Å². The van der Waals surface area contributed by atoms with Crippen LogP contribution >= 0.6 is 0 Å². The summed E-state index contributed by atoms with van der Waals surface area (Å²) in [6.45, 7) is 5.49. The van der Waals surface area contributed by atoms with E-state index in [2.05, 4.69) is 13.8 Å². The van der Waals surface area contributed by atoms with Gasteiger partial charge in [-0.3, -0.25) is 9.59 Å². The Morgan fingerprint density at radius 3 is 2.26 bits per heavy atom. The van der Waals surface area contributed by atoms with Gasteiger partial charge in [0.15, 0.2) is 0 Å². The van der Waals surface area contributed by atoms with E-state index in [-0.39, 0.29) is 11.7 Å². The fourth-order valence-electron chi connectivity index (χ4n) is 2.40. The van der Waals surface area contributed by atoms with Gasteiger partial charge in [0.05, 0.1) is 0 Å². The molecule has 1 aliphatic rings. The summed E-state index contributed by atoms with van der Waals surface area (Å²) in [5.74, 6) is 0.926. The number of carbonyl (C=O) groups is 2. The Bertz CT molecular complexity index is 452. The number of ketones is 1. The molecule has 1 heterocycles. The van der Waals surface area contributed by atoms with Gasteiger partial charge in [0.1, 0.15) is 5.78 Å². The molecule has 0 spiro atoms. The van der Waals surface area contributed by atoms with E-state index >= 15 is 0 Å². The fraction of sp³-hybridized carbons (Fsp3) is 0.500. The molecule has 102 valence electrons. The minimum atomic E-state index is 0.0450. The topological polar surface area (TPSA) is 37.4 Å². The summed E-state index contributed by atoms with van der Waals surface area (Å²) in [6.07, 6.45) is 2.03. The summed E-state index contributed by atoms with van der Waals surface area (Å²) in [6, 6.07) is 7.86. The molecular formula is C16H21NO2. The van der Waals surface area contributed by atoms with Crippen LogP contribution in [-0.4, -0.2) is 29.7 Å². The van der Waals surface area contributed by atoms with Crippen molar-refractivity contribution in [2.75, 3.05) is 13.1 Å². The van der Waals surface area contributed by atoms with E-state index in [4.69, 9.17) is 0 Å². The van der Waals surface area contributed by atoms with E-state index in [1.165, 1.54) is 5.56 Å². The zero-order chi connectivity index (χ0) is 13.8. The van der Waals surface area contributed by atoms with E-state index in [9.17, 15) is 9.59 Å². The molecule has 1 amide bonds. The maximum Gasteiger partial charge on any atom is 0.253 e. The summed E-state index contributed by atoms with van der Waals surface area (Å²) in [4.78, 5) is 25.2. The van der Waals surface area contributed by atoms with Crippen LogP contribution in [0.15, 0.2) is 24.3 Å². The van der Waals surface area contributed by atoms with E-state index in [1.807, 2.05) is 24.3 Å². The molecule has 1 saturated heterocycles. The molecule has 0 unspecified atom stereocenters. The maximum atomic E-state index is 12.3. The normalized spacial score (nSPS) is 15.9. The number of nitrogens with zero attached hydrogens (tertiary/aromatic N) is 1. The Morgan fingerprint density at radius 1 is 1.16 bits per heavy atom. The summed E-state index contributed by atoms with van der Waals surface area (Å²) >= 11 is 0. The SMILES string of the molecule is CC(C)Cc1ccc(C(=O)N2CCC(=O)CC2)cc1. The number of Topliss-reactive ketones (excluding diaryl/α,β-unsaturated/α-hetero) is 1. The predicted molar refractivity (Wildman–Crippen MR) is 75.1 cm³/mol. The van der Waals surface area contributed by atoms with Crippen molar-refractivity contribution in [3.63, 3.8) is 0 Å². The molecule has 2 rings (SSSR count). The first-order valence-electron chi connectivity index (χ1n) is 6.96. The highest BCUT2D eigenvalue weighted by atomic mass is 16.2. The summed E-state index contributed by atoms with van der Waals surface area (Å²) in [7, 11) is 0. The minimum Gasteiger partial charge on any atom is -0.338 e. The molecule has 0 bridgehead atoms. The molecule has 1 fully saturated rings. The van der Waals surface area contributed by atoms with Crippen molar-refractivity contribution >= 4 is 11.7 Å². The van der Waals surface area contributed by atoms with Crippen molar-refractivity contribution < 1.29 is 9.59 Å². The number of carbonyl (C=O) groups excluding carboxylic acids is 2. The third-order valence-electron chi connectivity index (χ3n) is 3.45. The van der Waals surface area contributed by atoms with Gasteiger partial charge >= 0.3 is 0 Å². The second-order valence-corrected chi connectivity index (χ2v) is 5.63. The average molecular weight is 259 g/mol. The number of hydrogen-bond donors (Lipinski definition) is 0. The van der Waals surface area contributed by atoms with Crippen LogP contribution in [0.2, 0.25) is 0 Å². The van der Waals surface area contributed by atoms with Gasteiger partial charge in [-0.25, -0.2) is 0 Å². The lowest BCUT2D eigenvalue weighted by Crippen LogP contribution is -2.38. The number of amides is 1. The lowest BCUT2D eigenvalue weighted by Gasteiger charge is -2.26. The van der Waals surface area contributed by atoms with E-state index in [0.29, 0.717) is 31.8 Å². The molecule has 0 aliphatic carbocycles. The third-order valence-corrected chi connectivity index (χ3v) is 3.45. The Hall–Kier alpha value is -1.64. The van der Waals surface area contributed by atoms with Crippen molar-refractivity contribution in [3.8, 4) is 0 Å². The van der Waals surface area contributed by atoms with Gasteiger partial charge in [-0.2, -0.15) is 0 Å². The van der Waals surface area contributed by atoms with Crippen LogP contribution in [0.1, 0.15) is 42.6 Å². The van der Waals surface area contributed by atoms with Crippen molar-refractivity contribution in [3.05, 3.63) is 35.4 Å². The van der Waals surface area contributed by atoms with Gasteiger partial charge in [-0.1, -0.05) is 26.0 Å². The van der Waals surface area contributed by atoms with Crippen LogP contribution in [-0.2, 0) is 11.2 Å². The van der Waals surface area contributed by atoms with Gasteiger partial charge in [0, 0.05) is 31.5 Å². The monoisotopic (exact) mass is 259 g/mol. The smallest absolute Gasteiger partial charge is 0.253 e. The molecule has 0 saturated carbocycles. The molecule has 0 atom stereocenters. The molecule has 3 nitrogen and oxygen atoms in total. The largest absolute Gasteiger partial charge is 0.338 e. The molecule has 0 N–H and O–H groups in total. The molecule has 1 aliphatic heterocycles. The first-order valence-corrected chi connectivity index (χ1v) is 6.96. The minimum absolute atomic E-state index is 0.0450. The van der Waals surface area contributed by atoms with Crippen LogP contribution < -0.4 is 0 Å². The highest BCUT2D eigenvalue weighted by Gasteiger charge is 2.21. The second-order valence-electron chi connectivity index (χ2n) is 5.63. The zero-order valence-corrected chi connectivity index (χ0v) is 11.7. The highest BCUT2D eigenvalue weighted by molar-refractivity contribution is 5.95. The number of likely N-dealkylation sites (tertiary alicyclic amines) is 1. The first-order chi connectivity index (χ1) is 9.06. The average Bonchev–Trinajstić information content (AvgIpc) is 2.39. The molecule has 0 aromatic heterocycles. The standard InChI is InChI=1S/C16H21NO2/c1-12(2)11-13-3-5-14(6-4-13)16(19)17-9-7-15(18)8-10-17/h3-6,12H,7-11H2,1-2H3. The predicted octanol–water partition coefficient (Wildman–Crippen LogP) is 2.69. The van der Waals surface area contributed by atoms with Crippen LogP contribution in [0.5, 0.6) is 0 Å². The molecule has 3 heteroatoms. The Labute approximate surface area is 114 Å². The van der Waals surface area contributed by atoms with Crippen LogP contribution in [0, 0.1) is 5.92 Å². The van der Waals surface area contributed by atoms with Crippen LogP contribution in [0.3, 0.4) is 0 Å². The van der Waals surface area contributed by atoms with Gasteiger partial charge < -0.3 is 4.90 Å². The fourth-order valence-corrected chi connectivity index (χ4v) is 2.40. The zero-order valence-electron chi connectivity index (χ0n) is 11.7. The number of hydrogen-bond acceptors (Lipinski definition) is 2. The molecule has 19 heavy (non-hydrogen) atoms. The van der Waals surface area contributed by atoms with Crippen molar-refractivity contribution in [2.24, 2.45) is 5.92 Å². The third kappa shape index (κ3) is 3.66. The van der Waals surface area contributed by atoms with Crippen LogP contribution in [0.4, 0.5) is 0 Å². The van der Waals surface area contributed by atoms with E-state index < -0.39 is 0 Å². The summed E-state index contributed by atoms with van der Waals surface area (Å²) in [5, 5.41) is 0. The van der Waals surface area contributed by atoms with E-state index in [0.717, 1.165) is 12.0 Å². The Morgan fingerprint density at radius 2 is 1.74 bits per heavy atom. The Balaban J connectivity index is 2.01. The van der Waals surface area contributed by atoms with Gasteiger partial charge in [0.2, 0.25) is 0 Å². The van der Waals surface area contributed by atoms with Crippen LogP contribution in [0.25, 0.3) is 0 Å². The Kier molecular flexibility index (Phi) is 4.35. The van der Waals surface area contributed by atoms with E-state index in [1.54, 1.807) is 4.90 Å². The molecule has 1 aromatic rings. The number of piperidine rings is 1. The van der Waals surface area contributed by atoms with Crippen molar-refractivity contribution in [1.82, 2.24) is 4.90 Å². The molecule has 1 aromatic carbocycles. The van der Waals surface area contributed by atoms with Crippen molar-refractivity contribution in [2.45, 2.75) is 33.1 Å². The first kappa shape index (κ1) is 13.8. The lowest BCUT2D eigenvalue weighted by molar-refractivity contribution is -0.120. The van der Waals surface area contributed by atoms with Gasteiger partial charge in [-0.05, 0) is 30.0 Å². The lowest BCUT2D eigenvalue weighted by atomic mass is 10.0. The number of benzene rings is 1. The highest BCUT2D eigenvalue weighted by Crippen LogP contribution is 2.14. The molecule has 0 radical (unpaired) electrons. The van der Waals surface area contributed by atoms with Gasteiger partial charge in [0.25, 0.3) is 5.91 Å². The maximum absolute atomic E-state index is 12.3. The second kappa shape index (κ2) is 6.00. The number of rotatable bonds is 3. The van der Waals surface area contributed by atoms with Crippen molar-refractivity contribution in [1.29, 1.82) is 0 Å². The summed E-state index contributed by atoms with van der Waals surface area (Å²) in [5.41, 5.74) is 1.99. The summed E-state index contributed by atoms with van der Waals surface area (Å²) < 4.78 is 0.